The normalized spacial score (nSPS) is 9.47. The number of carbonyl (C=O) groups excluding carboxylic acids is 2. The molecule has 3 N–H and O–H groups in total. The van der Waals surface area contributed by atoms with Gasteiger partial charge in [0.25, 0.3) is 0 Å². The largest absolute Gasteiger partial charge is 0.326 e. The molecule has 19 heavy (non-hydrogen) atoms. The van der Waals surface area contributed by atoms with Crippen LogP contribution in [0.1, 0.15) is 13.3 Å². The van der Waals surface area contributed by atoms with E-state index in [1.165, 1.54) is 0 Å². The van der Waals surface area contributed by atoms with Crippen LogP contribution in [0, 0.1) is 12.3 Å². The van der Waals surface area contributed by atoms with Crippen LogP contribution >= 0.6 is 0 Å². The summed E-state index contributed by atoms with van der Waals surface area (Å²) in [5, 5.41) is 8.24. The zero-order chi connectivity index (χ0) is 14.1. The summed E-state index contributed by atoms with van der Waals surface area (Å²) in [6.07, 6.45) is 5.49. The number of anilines is 2. The Morgan fingerprint density at radius 3 is 2.11 bits per heavy atom. The first-order valence-corrected chi connectivity index (χ1v) is 5.99. The van der Waals surface area contributed by atoms with Crippen LogP contribution in [0.15, 0.2) is 24.3 Å². The van der Waals surface area contributed by atoms with Gasteiger partial charge < -0.3 is 10.6 Å². The number of terminal acetylenes is 1. The van der Waals surface area contributed by atoms with Gasteiger partial charge in [-0.05, 0) is 24.3 Å². The van der Waals surface area contributed by atoms with Crippen LogP contribution in [-0.2, 0) is 9.59 Å². The highest BCUT2D eigenvalue weighted by Gasteiger charge is 2.02. The smallest absolute Gasteiger partial charge is 0.238 e. The van der Waals surface area contributed by atoms with Crippen LogP contribution in [0.25, 0.3) is 0 Å². The van der Waals surface area contributed by atoms with E-state index in [4.69, 9.17) is 6.42 Å². The van der Waals surface area contributed by atoms with E-state index in [-0.39, 0.29) is 18.4 Å². The molecular weight excluding hydrogens is 242 g/mol. The van der Waals surface area contributed by atoms with E-state index in [2.05, 4.69) is 21.9 Å². The van der Waals surface area contributed by atoms with Gasteiger partial charge in [-0.15, -0.1) is 6.42 Å². The minimum Gasteiger partial charge on any atom is -0.326 e. The fourth-order valence-electron chi connectivity index (χ4n) is 1.34. The molecular formula is C14H17N3O2. The summed E-state index contributed by atoms with van der Waals surface area (Å²) in [5.74, 6) is 2.17. The van der Waals surface area contributed by atoms with Gasteiger partial charge in [0.15, 0.2) is 0 Å². The standard InChI is InChI=1S/C14H17N3O2/c1-3-9-15-10-14(19)17-12-7-5-11(6-8-12)16-13(18)4-2/h1,5-8,15H,4,9-10H2,2H3,(H,16,18)(H,17,19). The van der Waals surface area contributed by atoms with E-state index in [0.717, 1.165) is 0 Å². The van der Waals surface area contributed by atoms with E-state index in [9.17, 15) is 9.59 Å². The van der Waals surface area contributed by atoms with Gasteiger partial charge in [0.2, 0.25) is 11.8 Å². The van der Waals surface area contributed by atoms with E-state index in [0.29, 0.717) is 24.3 Å². The van der Waals surface area contributed by atoms with Crippen molar-refractivity contribution in [2.45, 2.75) is 13.3 Å². The molecule has 0 heterocycles. The lowest BCUT2D eigenvalue weighted by Gasteiger charge is -2.07. The van der Waals surface area contributed by atoms with E-state index in [1.54, 1.807) is 31.2 Å². The predicted octanol–water partition coefficient (Wildman–Crippen LogP) is 1.20. The molecule has 0 saturated carbocycles. The molecule has 0 unspecified atom stereocenters. The summed E-state index contributed by atoms with van der Waals surface area (Å²) < 4.78 is 0. The molecule has 1 aromatic carbocycles. The second kappa shape index (κ2) is 7.90. The molecule has 0 fully saturated rings. The van der Waals surface area contributed by atoms with Gasteiger partial charge >= 0.3 is 0 Å². The van der Waals surface area contributed by atoms with Crippen molar-refractivity contribution in [3.8, 4) is 12.3 Å². The van der Waals surface area contributed by atoms with E-state index >= 15 is 0 Å². The highest BCUT2D eigenvalue weighted by molar-refractivity contribution is 5.93. The molecule has 0 spiro atoms. The van der Waals surface area contributed by atoms with Gasteiger partial charge in [-0.1, -0.05) is 12.8 Å². The lowest BCUT2D eigenvalue weighted by molar-refractivity contribution is -0.116. The summed E-state index contributed by atoms with van der Waals surface area (Å²) in [4.78, 5) is 22.7. The Morgan fingerprint density at radius 1 is 1.11 bits per heavy atom. The summed E-state index contributed by atoms with van der Waals surface area (Å²) in [5.41, 5.74) is 1.37. The maximum Gasteiger partial charge on any atom is 0.238 e. The zero-order valence-electron chi connectivity index (χ0n) is 10.8. The van der Waals surface area contributed by atoms with Crippen molar-refractivity contribution >= 4 is 23.2 Å². The Hall–Kier alpha value is -2.32. The Labute approximate surface area is 112 Å². The molecule has 0 aliphatic rings. The van der Waals surface area contributed by atoms with Crippen LogP contribution < -0.4 is 16.0 Å². The molecule has 0 bridgehead atoms. The van der Waals surface area contributed by atoms with Gasteiger partial charge in [0.05, 0.1) is 13.1 Å². The fraction of sp³-hybridized carbons (Fsp3) is 0.286. The topological polar surface area (TPSA) is 70.2 Å². The van der Waals surface area contributed by atoms with Gasteiger partial charge in [0, 0.05) is 17.8 Å². The summed E-state index contributed by atoms with van der Waals surface area (Å²) >= 11 is 0. The lowest BCUT2D eigenvalue weighted by Crippen LogP contribution is -2.28. The lowest BCUT2D eigenvalue weighted by atomic mass is 10.2. The number of hydrogen-bond acceptors (Lipinski definition) is 3. The number of amides is 2. The van der Waals surface area contributed by atoms with Gasteiger partial charge in [-0.2, -0.15) is 0 Å². The second-order valence-electron chi connectivity index (χ2n) is 3.83. The molecule has 0 saturated heterocycles. The van der Waals surface area contributed by atoms with Crippen LogP contribution in [0.2, 0.25) is 0 Å². The highest BCUT2D eigenvalue weighted by Crippen LogP contribution is 2.13. The Balaban J connectivity index is 2.46. The zero-order valence-corrected chi connectivity index (χ0v) is 10.8. The first kappa shape index (κ1) is 14.7. The van der Waals surface area contributed by atoms with Crippen LogP contribution in [0.3, 0.4) is 0 Å². The number of hydrogen-bond donors (Lipinski definition) is 3. The average Bonchev–Trinajstić information content (AvgIpc) is 2.41. The first-order chi connectivity index (χ1) is 9.15. The third kappa shape index (κ3) is 5.70. The van der Waals surface area contributed by atoms with Crippen molar-refractivity contribution in [1.29, 1.82) is 0 Å². The number of nitrogens with one attached hydrogen (secondary N) is 3. The molecule has 1 rings (SSSR count). The van der Waals surface area contributed by atoms with Crippen molar-refractivity contribution in [3.63, 3.8) is 0 Å². The molecule has 0 atom stereocenters. The van der Waals surface area contributed by atoms with Crippen molar-refractivity contribution < 1.29 is 9.59 Å². The van der Waals surface area contributed by atoms with Crippen LogP contribution in [0.4, 0.5) is 11.4 Å². The van der Waals surface area contributed by atoms with Gasteiger partial charge in [-0.3, -0.25) is 14.9 Å². The molecule has 100 valence electrons. The van der Waals surface area contributed by atoms with Crippen LogP contribution in [-0.4, -0.2) is 24.9 Å². The van der Waals surface area contributed by atoms with Gasteiger partial charge in [0.1, 0.15) is 0 Å². The fourth-order valence-corrected chi connectivity index (χ4v) is 1.34. The van der Waals surface area contributed by atoms with E-state index in [1.807, 2.05) is 0 Å². The molecule has 0 aliphatic heterocycles. The van der Waals surface area contributed by atoms with Crippen LogP contribution in [0.5, 0.6) is 0 Å². The predicted molar refractivity (Wildman–Crippen MR) is 75.7 cm³/mol. The number of rotatable bonds is 6. The Kier molecular flexibility index (Phi) is 6.13. The first-order valence-electron chi connectivity index (χ1n) is 5.99. The van der Waals surface area contributed by atoms with Crippen molar-refractivity contribution in [2.24, 2.45) is 0 Å². The third-order valence-corrected chi connectivity index (χ3v) is 2.29. The average molecular weight is 259 g/mol. The maximum absolute atomic E-state index is 11.5. The summed E-state index contributed by atoms with van der Waals surface area (Å²) in [7, 11) is 0. The molecule has 0 aromatic heterocycles. The quantitative estimate of drug-likeness (QED) is 0.531. The van der Waals surface area contributed by atoms with Crippen molar-refractivity contribution in [1.82, 2.24) is 5.32 Å². The summed E-state index contributed by atoms with van der Waals surface area (Å²) in [6, 6.07) is 6.92. The van der Waals surface area contributed by atoms with Gasteiger partial charge in [-0.25, -0.2) is 0 Å². The maximum atomic E-state index is 11.5. The highest BCUT2D eigenvalue weighted by atomic mass is 16.2. The minimum atomic E-state index is -0.166. The Bertz CT molecular complexity index is 474. The summed E-state index contributed by atoms with van der Waals surface area (Å²) in [6.45, 7) is 2.31. The monoisotopic (exact) mass is 259 g/mol. The third-order valence-electron chi connectivity index (χ3n) is 2.29. The molecule has 0 aliphatic carbocycles. The molecule has 1 aromatic rings. The number of benzene rings is 1. The second-order valence-corrected chi connectivity index (χ2v) is 3.83. The SMILES string of the molecule is C#CCNCC(=O)Nc1ccc(NC(=O)CC)cc1. The van der Waals surface area contributed by atoms with E-state index < -0.39 is 0 Å². The number of carbonyl (C=O) groups is 2. The van der Waals surface area contributed by atoms with Crippen molar-refractivity contribution in [2.75, 3.05) is 23.7 Å². The molecule has 2 amide bonds. The van der Waals surface area contributed by atoms with Crippen molar-refractivity contribution in [3.05, 3.63) is 24.3 Å². The molecule has 5 nitrogen and oxygen atoms in total. The molecule has 0 radical (unpaired) electrons. The minimum absolute atomic E-state index is 0.0460. The Morgan fingerprint density at radius 2 is 1.63 bits per heavy atom. The molecule has 5 heteroatoms.